The largest absolute Gasteiger partial charge is 0.497 e. The van der Waals surface area contributed by atoms with Gasteiger partial charge in [0.05, 0.1) is 24.6 Å². The lowest BCUT2D eigenvalue weighted by Gasteiger charge is -2.01. The van der Waals surface area contributed by atoms with Crippen LogP contribution in [0.1, 0.15) is 11.5 Å². The molecule has 4 rings (SSSR count). The minimum Gasteiger partial charge on any atom is -0.497 e. The summed E-state index contributed by atoms with van der Waals surface area (Å²) in [5.74, 6) is 9.32. The molecule has 0 atom stereocenters. The molecule has 3 aromatic heterocycles. The summed E-state index contributed by atoms with van der Waals surface area (Å²) in [4.78, 5) is 4.51. The smallest absolute Gasteiger partial charge is 0.226 e. The van der Waals surface area contributed by atoms with Gasteiger partial charge in [0.1, 0.15) is 17.8 Å². The Morgan fingerprint density at radius 3 is 2.67 bits per heavy atom. The van der Waals surface area contributed by atoms with Gasteiger partial charge in [-0.05, 0) is 37.3 Å². The van der Waals surface area contributed by atoms with Crippen molar-refractivity contribution >= 4 is 11.8 Å². The molecule has 0 amide bonds. The van der Waals surface area contributed by atoms with Gasteiger partial charge in [0, 0.05) is 11.3 Å². The van der Waals surface area contributed by atoms with E-state index in [2.05, 4.69) is 15.2 Å². The van der Waals surface area contributed by atoms with Gasteiger partial charge in [0.2, 0.25) is 11.0 Å². The predicted molar refractivity (Wildman–Crippen MR) is 101 cm³/mol. The van der Waals surface area contributed by atoms with Crippen LogP contribution in [0, 0.1) is 6.92 Å². The first-order chi connectivity index (χ1) is 13.2. The van der Waals surface area contributed by atoms with E-state index in [0.717, 1.165) is 28.3 Å². The van der Waals surface area contributed by atoms with E-state index in [1.54, 1.807) is 19.6 Å². The van der Waals surface area contributed by atoms with Gasteiger partial charge in [-0.1, -0.05) is 11.8 Å². The van der Waals surface area contributed by atoms with E-state index in [4.69, 9.17) is 19.4 Å². The molecule has 1 aromatic carbocycles. The van der Waals surface area contributed by atoms with Gasteiger partial charge in [-0.2, -0.15) is 0 Å². The number of benzene rings is 1. The van der Waals surface area contributed by atoms with E-state index in [1.807, 2.05) is 37.3 Å². The maximum absolute atomic E-state index is 6.12. The van der Waals surface area contributed by atoms with Crippen LogP contribution >= 0.6 is 11.8 Å². The first kappa shape index (κ1) is 17.2. The van der Waals surface area contributed by atoms with Gasteiger partial charge in [-0.15, -0.1) is 10.2 Å². The van der Waals surface area contributed by atoms with Crippen molar-refractivity contribution in [2.45, 2.75) is 17.8 Å². The lowest BCUT2D eigenvalue weighted by Crippen LogP contribution is -2.11. The van der Waals surface area contributed by atoms with Crippen LogP contribution in [0.4, 0.5) is 0 Å². The highest BCUT2D eigenvalue weighted by atomic mass is 32.2. The van der Waals surface area contributed by atoms with Crippen LogP contribution in [0.5, 0.6) is 5.75 Å². The summed E-state index contributed by atoms with van der Waals surface area (Å²) in [6, 6.07) is 9.35. The molecule has 4 aromatic rings. The zero-order chi connectivity index (χ0) is 18.8. The fourth-order valence-electron chi connectivity index (χ4n) is 2.55. The maximum atomic E-state index is 6.12. The lowest BCUT2D eigenvalue weighted by molar-refractivity contribution is 0.415. The Morgan fingerprint density at radius 2 is 1.96 bits per heavy atom. The van der Waals surface area contributed by atoms with Crippen molar-refractivity contribution in [2.24, 2.45) is 0 Å². The van der Waals surface area contributed by atoms with E-state index in [9.17, 15) is 0 Å². The van der Waals surface area contributed by atoms with Crippen molar-refractivity contribution in [3.05, 3.63) is 54.3 Å². The van der Waals surface area contributed by atoms with Crippen LogP contribution in [0.2, 0.25) is 0 Å². The first-order valence-electron chi connectivity index (χ1n) is 8.12. The molecule has 0 aliphatic heterocycles. The number of methoxy groups -OCH3 is 1. The zero-order valence-electron chi connectivity index (χ0n) is 14.7. The van der Waals surface area contributed by atoms with Crippen LogP contribution < -0.4 is 10.6 Å². The van der Waals surface area contributed by atoms with Crippen LogP contribution in [0.15, 0.2) is 56.8 Å². The highest BCUT2D eigenvalue weighted by Crippen LogP contribution is 2.28. The monoisotopic (exact) mass is 383 g/mol. The summed E-state index contributed by atoms with van der Waals surface area (Å²) >= 11 is 1.43. The second-order valence-electron chi connectivity index (χ2n) is 5.73. The Morgan fingerprint density at radius 1 is 1.15 bits per heavy atom. The van der Waals surface area contributed by atoms with E-state index < -0.39 is 0 Å². The number of hydrogen-bond acceptors (Lipinski definition) is 8. The number of furan rings is 1. The molecule has 0 unspecified atom stereocenters. The minimum atomic E-state index is 0.553. The fourth-order valence-corrected chi connectivity index (χ4v) is 3.29. The van der Waals surface area contributed by atoms with Crippen LogP contribution in [-0.2, 0) is 5.75 Å². The normalized spacial score (nSPS) is 11.0. The molecule has 3 heterocycles. The Labute approximate surface area is 159 Å². The number of nitrogens with two attached hydrogens (primary N) is 1. The highest BCUT2D eigenvalue weighted by molar-refractivity contribution is 7.98. The van der Waals surface area contributed by atoms with E-state index in [0.29, 0.717) is 22.6 Å². The number of rotatable bonds is 6. The molecule has 27 heavy (non-hydrogen) atoms. The molecule has 0 radical (unpaired) electrons. The third kappa shape index (κ3) is 3.41. The predicted octanol–water partition coefficient (Wildman–Crippen LogP) is 3.52. The number of aromatic nitrogens is 4. The molecule has 0 aliphatic rings. The highest BCUT2D eigenvalue weighted by Gasteiger charge is 2.16. The summed E-state index contributed by atoms with van der Waals surface area (Å²) in [5, 5.41) is 8.88. The fraction of sp³-hybridized carbons (Fsp3) is 0.167. The number of nitrogen functional groups attached to an aromatic ring is 1. The van der Waals surface area contributed by atoms with Gasteiger partial charge in [0.15, 0.2) is 5.82 Å². The number of hydrogen-bond donors (Lipinski definition) is 1. The van der Waals surface area contributed by atoms with Gasteiger partial charge in [-0.25, -0.2) is 9.66 Å². The molecule has 0 bridgehead atoms. The molecule has 138 valence electrons. The number of ether oxygens (including phenoxy) is 1. The van der Waals surface area contributed by atoms with Gasteiger partial charge in [-0.3, -0.25) is 0 Å². The average Bonchev–Trinajstić information content (AvgIpc) is 3.41. The number of thioether (sulfide) groups is 1. The second-order valence-corrected chi connectivity index (χ2v) is 6.67. The van der Waals surface area contributed by atoms with Crippen LogP contribution in [-0.4, -0.2) is 27.0 Å². The Bertz CT molecular complexity index is 1050. The molecular formula is C18H17N5O3S. The standard InChI is InChI=1S/C18H17N5O3S/c1-11-15(7-8-25-11)16-21-22-18(23(16)19)27-10-13-9-26-17(20-13)12-3-5-14(24-2)6-4-12/h3-9H,10,19H2,1-2H3. The van der Waals surface area contributed by atoms with Crippen molar-refractivity contribution in [1.82, 2.24) is 19.9 Å². The maximum Gasteiger partial charge on any atom is 0.226 e. The van der Waals surface area contributed by atoms with Crippen LogP contribution in [0.3, 0.4) is 0 Å². The number of oxazole rings is 1. The Kier molecular flexibility index (Phi) is 4.59. The third-order valence-corrected chi connectivity index (χ3v) is 4.98. The van der Waals surface area contributed by atoms with Crippen molar-refractivity contribution in [3.63, 3.8) is 0 Å². The average molecular weight is 383 g/mol. The number of aryl methyl sites for hydroxylation is 1. The summed E-state index contributed by atoms with van der Waals surface area (Å²) in [6.45, 7) is 1.85. The molecule has 0 saturated carbocycles. The summed E-state index contributed by atoms with van der Waals surface area (Å²) < 4.78 is 17.5. The lowest BCUT2D eigenvalue weighted by atomic mass is 10.2. The molecule has 9 heteroatoms. The molecule has 0 saturated heterocycles. The summed E-state index contributed by atoms with van der Waals surface area (Å²) in [7, 11) is 1.63. The van der Waals surface area contributed by atoms with Crippen LogP contribution in [0.25, 0.3) is 22.8 Å². The zero-order valence-corrected chi connectivity index (χ0v) is 15.6. The van der Waals surface area contributed by atoms with Crippen molar-refractivity contribution in [1.29, 1.82) is 0 Å². The topological polar surface area (TPSA) is 105 Å². The Balaban J connectivity index is 1.46. The van der Waals surface area contributed by atoms with E-state index >= 15 is 0 Å². The van der Waals surface area contributed by atoms with Crippen molar-refractivity contribution in [2.75, 3.05) is 13.0 Å². The van der Waals surface area contributed by atoms with Crippen molar-refractivity contribution in [3.8, 4) is 28.6 Å². The minimum absolute atomic E-state index is 0.553. The van der Waals surface area contributed by atoms with Gasteiger partial charge in [0.25, 0.3) is 0 Å². The van der Waals surface area contributed by atoms with Crippen molar-refractivity contribution < 1.29 is 13.6 Å². The summed E-state index contributed by atoms with van der Waals surface area (Å²) in [5.41, 5.74) is 2.49. The third-order valence-electron chi connectivity index (χ3n) is 4.00. The van der Waals surface area contributed by atoms with E-state index in [1.165, 1.54) is 16.4 Å². The molecular weight excluding hydrogens is 366 g/mol. The Hall–Kier alpha value is -3.20. The second kappa shape index (κ2) is 7.20. The molecule has 2 N–H and O–H groups in total. The molecule has 0 fully saturated rings. The van der Waals surface area contributed by atoms with Gasteiger partial charge >= 0.3 is 0 Å². The quantitative estimate of drug-likeness (QED) is 0.398. The summed E-state index contributed by atoms with van der Waals surface area (Å²) in [6.07, 6.45) is 3.23. The molecule has 0 spiro atoms. The van der Waals surface area contributed by atoms with Gasteiger partial charge < -0.3 is 19.4 Å². The molecule has 0 aliphatic carbocycles. The SMILES string of the molecule is COc1ccc(-c2nc(CSc3nnc(-c4ccoc4C)n3N)co2)cc1. The number of nitrogens with zero attached hydrogens (tertiary/aromatic N) is 4. The molecule has 8 nitrogen and oxygen atoms in total. The first-order valence-corrected chi connectivity index (χ1v) is 9.11. The van der Waals surface area contributed by atoms with E-state index in [-0.39, 0.29) is 0 Å².